The Balaban J connectivity index is 1.36. The van der Waals surface area contributed by atoms with Crippen LogP contribution in [0.1, 0.15) is 21.8 Å². The smallest absolute Gasteiger partial charge is 0.214 e. The second kappa shape index (κ2) is 8.53. The summed E-state index contributed by atoms with van der Waals surface area (Å²) in [6.45, 7) is 4.58. The van der Waals surface area contributed by atoms with Crippen molar-refractivity contribution in [2.24, 2.45) is 0 Å². The number of ether oxygens (including phenoxy) is 1. The monoisotopic (exact) mass is 409 g/mol. The largest absolute Gasteiger partial charge is 0.486 e. The van der Waals surface area contributed by atoms with Gasteiger partial charge in [-0.3, -0.25) is 0 Å². The molecule has 0 aliphatic heterocycles. The van der Waals surface area contributed by atoms with Crippen molar-refractivity contribution in [3.63, 3.8) is 0 Å². The predicted molar refractivity (Wildman–Crippen MR) is 111 cm³/mol. The van der Waals surface area contributed by atoms with Crippen LogP contribution in [-0.4, -0.2) is 25.2 Å². The molecule has 2 aromatic carbocycles. The molecule has 4 aromatic rings. The molecule has 2 heterocycles. The van der Waals surface area contributed by atoms with Crippen molar-refractivity contribution in [3.05, 3.63) is 75.7 Å². The van der Waals surface area contributed by atoms with Crippen LogP contribution in [0.2, 0.25) is 0 Å². The first-order valence-electron chi connectivity index (χ1n) is 8.78. The summed E-state index contributed by atoms with van der Waals surface area (Å²) in [4.78, 5) is 4.65. The van der Waals surface area contributed by atoms with Gasteiger partial charge < -0.3 is 4.74 Å². The number of thioether (sulfide) groups is 1. The SMILES string of the molecule is Cc1ccc(OCc2nc(CSc3nnnn3-c3cccc(C)c3)cs2)cc1. The fourth-order valence-electron chi connectivity index (χ4n) is 2.59. The Morgan fingerprint density at radius 2 is 1.93 bits per heavy atom. The predicted octanol–water partition coefficient (Wildman–Crippen LogP) is 4.61. The van der Waals surface area contributed by atoms with Crippen molar-refractivity contribution >= 4 is 23.1 Å². The third-order valence-electron chi connectivity index (χ3n) is 4.02. The van der Waals surface area contributed by atoms with E-state index in [4.69, 9.17) is 4.74 Å². The molecule has 0 saturated carbocycles. The van der Waals surface area contributed by atoms with Crippen molar-refractivity contribution in [1.29, 1.82) is 0 Å². The van der Waals surface area contributed by atoms with Gasteiger partial charge in [0.2, 0.25) is 5.16 Å². The van der Waals surface area contributed by atoms with Crippen LogP contribution >= 0.6 is 23.1 Å². The van der Waals surface area contributed by atoms with E-state index in [9.17, 15) is 0 Å². The van der Waals surface area contributed by atoms with Gasteiger partial charge in [0.25, 0.3) is 0 Å². The molecule has 0 fully saturated rings. The lowest BCUT2D eigenvalue weighted by Crippen LogP contribution is -1.99. The topological polar surface area (TPSA) is 65.7 Å². The highest BCUT2D eigenvalue weighted by Gasteiger charge is 2.11. The quantitative estimate of drug-likeness (QED) is 0.415. The Morgan fingerprint density at radius 1 is 1.07 bits per heavy atom. The maximum absolute atomic E-state index is 5.80. The molecule has 0 spiro atoms. The van der Waals surface area contributed by atoms with E-state index < -0.39 is 0 Å². The van der Waals surface area contributed by atoms with Crippen molar-refractivity contribution in [2.45, 2.75) is 31.4 Å². The standard InChI is InChI=1S/C20H19N5OS2/c1-14-6-8-18(9-7-14)26-11-19-21-16(12-27-19)13-28-20-22-23-24-25(20)17-5-3-4-15(2)10-17/h3-10,12H,11,13H2,1-2H3. The second-order valence-corrected chi connectivity index (χ2v) is 8.22. The minimum atomic E-state index is 0.472. The van der Waals surface area contributed by atoms with Gasteiger partial charge in [0, 0.05) is 11.1 Å². The first-order valence-corrected chi connectivity index (χ1v) is 10.6. The molecule has 0 aliphatic rings. The molecule has 0 amide bonds. The first-order chi connectivity index (χ1) is 13.7. The van der Waals surface area contributed by atoms with Crippen LogP contribution in [0.5, 0.6) is 5.75 Å². The number of hydrogen-bond donors (Lipinski definition) is 0. The number of nitrogens with zero attached hydrogens (tertiary/aromatic N) is 5. The van der Waals surface area contributed by atoms with Crippen molar-refractivity contribution in [2.75, 3.05) is 0 Å². The highest BCUT2D eigenvalue weighted by Crippen LogP contribution is 2.24. The third-order valence-corrected chi connectivity index (χ3v) is 5.84. The van der Waals surface area contributed by atoms with Crippen molar-refractivity contribution in [3.8, 4) is 11.4 Å². The molecule has 0 aliphatic carbocycles. The lowest BCUT2D eigenvalue weighted by Gasteiger charge is -2.04. The Hall–Kier alpha value is -2.71. The van der Waals surface area contributed by atoms with Crippen LogP contribution in [0.4, 0.5) is 0 Å². The van der Waals surface area contributed by atoms with Crippen LogP contribution < -0.4 is 4.74 Å². The Morgan fingerprint density at radius 3 is 2.75 bits per heavy atom. The molecular formula is C20H19N5OS2. The van der Waals surface area contributed by atoms with E-state index in [2.05, 4.69) is 51.9 Å². The van der Waals surface area contributed by atoms with Crippen LogP contribution in [0, 0.1) is 13.8 Å². The fraction of sp³-hybridized carbons (Fsp3) is 0.200. The average molecular weight is 410 g/mol. The van der Waals surface area contributed by atoms with Gasteiger partial charge in [0.1, 0.15) is 17.4 Å². The second-order valence-electron chi connectivity index (χ2n) is 6.34. The summed E-state index contributed by atoms with van der Waals surface area (Å²) in [5, 5.41) is 15.8. The maximum Gasteiger partial charge on any atom is 0.214 e. The van der Waals surface area contributed by atoms with Crippen molar-refractivity contribution < 1.29 is 4.74 Å². The summed E-state index contributed by atoms with van der Waals surface area (Å²) in [5.41, 5.74) is 4.34. The van der Waals surface area contributed by atoms with Gasteiger partial charge in [-0.2, -0.15) is 4.68 Å². The van der Waals surface area contributed by atoms with Crippen LogP contribution in [0.25, 0.3) is 5.69 Å². The molecule has 2 aromatic heterocycles. The van der Waals surface area contributed by atoms with Gasteiger partial charge >= 0.3 is 0 Å². The molecule has 0 saturated heterocycles. The van der Waals surface area contributed by atoms with Gasteiger partial charge in [-0.15, -0.1) is 16.4 Å². The minimum Gasteiger partial charge on any atom is -0.486 e. The van der Waals surface area contributed by atoms with Gasteiger partial charge in [-0.25, -0.2) is 4.98 Å². The lowest BCUT2D eigenvalue weighted by molar-refractivity contribution is 0.305. The lowest BCUT2D eigenvalue weighted by atomic mass is 10.2. The zero-order valence-corrected chi connectivity index (χ0v) is 17.2. The molecule has 8 heteroatoms. The van der Waals surface area contributed by atoms with E-state index in [1.165, 1.54) is 11.1 Å². The summed E-state index contributed by atoms with van der Waals surface area (Å²) in [6, 6.07) is 16.1. The summed E-state index contributed by atoms with van der Waals surface area (Å²) < 4.78 is 7.56. The summed E-state index contributed by atoms with van der Waals surface area (Å²) in [6.07, 6.45) is 0. The molecule has 142 valence electrons. The number of aromatic nitrogens is 5. The minimum absolute atomic E-state index is 0.472. The summed E-state index contributed by atoms with van der Waals surface area (Å²) in [7, 11) is 0. The molecule has 0 atom stereocenters. The van der Waals surface area contributed by atoms with Gasteiger partial charge in [-0.05, 0) is 54.1 Å². The van der Waals surface area contributed by atoms with E-state index in [-0.39, 0.29) is 0 Å². The highest BCUT2D eigenvalue weighted by atomic mass is 32.2. The number of thiazole rings is 1. The number of hydrogen-bond acceptors (Lipinski definition) is 7. The van der Waals surface area contributed by atoms with Gasteiger partial charge in [0.05, 0.1) is 11.4 Å². The summed E-state index contributed by atoms with van der Waals surface area (Å²) in [5.74, 6) is 1.56. The van der Waals surface area contributed by atoms with Gasteiger partial charge in [-0.1, -0.05) is 41.6 Å². The molecule has 28 heavy (non-hydrogen) atoms. The molecule has 0 unspecified atom stereocenters. The highest BCUT2D eigenvalue weighted by molar-refractivity contribution is 7.98. The first kappa shape index (κ1) is 18.6. The Kier molecular flexibility index (Phi) is 5.68. The third kappa shape index (κ3) is 4.58. The zero-order chi connectivity index (χ0) is 19.3. The number of tetrazole rings is 1. The fourth-order valence-corrected chi connectivity index (χ4v) is 4.18. The maximum atomic E-state index is 5.80. The van der Waals surface area contributed by atoms with Crippen LogP contribution in [0.15, 0.2) is 59.1 Å². The summed E-state index contributed by atoms with van der Waals surface area (Å²) >= 11 is 3.17. The molecule has 0 radical (unpaired) electrons. The normalized spacial score (nSPS) is 10.9. The Bertz CT molecular complexity index is 1060. The molecule has 6 nitrogen and oxygen atoms in total. The molecule has 0 N–H and O–H groups in total. The van der Waals surface area contributed by atoms with Crippen molar-refractivity contribution in [1.82, 2.24) is 25.2 Å². The number of rotatable bonds is 7. The van der Waals surface area contributed by atoms with E-state index >= 15 is 0 Å². The molecule has 0 bridgehead atoms. The van der Waals surface area contributed by atoms with Crippen LogP contribution in [-0.2, 0) is 12.4 Å². The Labute approximate surface area is 171 Å². The van der Waals surface area contributed by atoms with Crippen LogP contribution in [0.3, 0.4) is 0 Å². The number of benzene rings is 2. The molecular weight excluding hydrogens is 390 g/mol. The number of aryl methyl sites for hydroxylation is 2. The molecule has 4 rings (SSSR count). The van der Waals surface area contributed by atoms with E-state index in [1.807, 2.05) is 36.4 Å². The van der Waals surface area contributed by atoms with E-state index in [0.29, 0.717) is 12.4 Å². The van der Waals surface area contributed by atoms with E-state index in [0.717, 1.165) is 27.3 Å². The van der Waals surface area contributed by atoms with Gasteiger partial charge in [0.15, 0.2) is 0 Å². The zero-order valence-electron chi connectivity index (χ0n) is 15.6. The van der Waals surface area contributed by atoms with E-state index in [1.54, 1.807) is 27.8 Å². The average Bonchev–Trinajstić information content (AvgIpc) is 3.35.